The first kappa shape index (κ1) is 17.4. The fourth-order valence-electron chi connectivity index (χ4n) is 3.41. The van der Waals surface area contributed by atoms with Crippen molar-refractivity contribution in [2.75, 3.05) is 13.1 Å². The van der Waals surface area contributed by atoms with Crippen LogP contribution in [0.4, 0.5) is 0 Å². The smallest absolute Gasteiger partial charge is 0.240 e. The van der Waals surface area contributed by atoms with Crippen LogP contribution in [0.1, 0.15) is 61.8 Å². The van der Waals surface area contributed by atoms with Crippen molar-refractivity contribution in [3.05, 3.63) is 46.5 Å². The highest BCUT2D eigenvalue weighted by Gasteiger charge is 2.25. The molecule has 4 rings (SSSR count). The van der Waals surface area contributed by atoms with E-state index in [1.807, 2.05) is 11.7 Å². The van der Waals surface area contributed by atoms with E-state index in [-0.39, 0.29) is 0 Å². The lowest BCUT2D eigenvalue weighted by Crippen LogP contribution is -2.33. The van der Waals surface area contributed by atoms with Crippen molar-refractivity contribution < 1.29 is 4.52 Å². The number of likely N-dealkylation sites (tertiary alicyclic amines) is 1. The van der Waals surface area contributed by atoms with Gasteiger partial charge in [-0.3, -0.25) is 4.90 Å². The molecule has 1 fully saturated rings. The van der Waals surface area contributed by atoms with Gasteiger partial charge in [0.1, 0.15) is 5.82 Å². The fourth-order valence-corrected chi connectivity index (χ4v) is 3.96. The molecule has 1 aliphatic heterocycles. The van der Waals surface area contributed by atoms with Crippen molar-refractivity contribution in [2.45, 2.75) is 51.6 Å². The van der Waals surface area contributed by atoms with E-state index in [1.165, 1.54) is 5.82 Å². The normalized spacial score (nSPS) is 16.6. The maximum Gasteiger partial charge on any atom is 0.240 e. The van der Waals surface area contributed by atoms with Gasteiger partial charge in [-0.1, -0.05) is 19.0 Å². The minimum Gasteiger partial charge on any atom is -0.338 e. The number of hydrogen-bond acceptors (Lipinski definition) is 7. The van der Waals surface area contributed by atoms with Gasteiger partial charge >= 0.3 is 0 Å². The third-order valence-electron chi connectivity index (χ3n) is 4.88. The Morgan fingerprint density at radius 3 is 2.77 bits per heavy atom. The lowest BCUT2D eigenvalue weighted by Gasteiger charge is -2.30. The molecule has 3 aromatic rings. The van der Waals surface area contributed by atoms with Crippen LogP contribution in [-0.2, 0) is 13.1 Å². The van der Waals surface area contributed by atoms with Gasteiger partial charge in [0.25, 0.3) is 0 Å². The van der Waals surface area contributed by atoms with Crippen molar-refractivity contribution in [1.82, 2.24) is 29.6 Å². The van der Waals surface area contributed by atoms with E-state index in [4.69, 9.17) is 4.52 Å². The summed E-state index contributed by atoms with van der Waals surface area (Å²) in [5, 5.41) is 6.15. The monoisotopic (exact) mass is 372 g/mol. The molecule has 26 heavy (non-hydrogen) atoms. The summed E-state index contributed by atoms with van der Waals surface area (Å²) < 4.78 is 7.62. The summed E-state index contributed by atoms with van der Waals surface area (Å²) in [4.78, 5) is 15.9. The first-order chi connectivity index (χ1) is 12.7. The Hall–Kier alpha value is -2.06. The van der Waals surface area contributed by atoms with Crippen molar-refractivity contribution >= 4 is 11.3 Å². The topological polar surface area (TPSA) is 72.9 Å². The second-order valence-electron chi connectivity index (χ2n) is 7.14. The first-order valence-electron chi connectivity index (χ1n) is 9.12. The third-order valence-corrected chi connectivity index (χ3v) is 5.51. The zero-order valence-corrected chi connectivity index (χ0v) is 16.0. The number of aromatic nitrogens is 5. The molecule has 1 saturated heterocycles. The summed E-state index contributed by atoms with van der Waals surface area (Å²) in [7, 11) is 0. The fraction of sp³-hybridized carbons (Fsp3) is 0.556. The van der Waals surface area contributed by atoms with Crippen molar-refractivity contribution in [3.63, 3.8) is 0 Å². The highest BCUT2D eigenvalue weighted by atomic mass is 32.1. The van der Waals surface area contributed by atoms with Gasteiger partial charge < -0.3 is 9.09 Å². The summed E-state index contributed by atoms with van der Waals surface area (Å²) in [5.41, 5.74) is 2.98. The summed E-state index contributed by atoms with van der Waals surface area (Å²) in [6, 6.07) is 0. The Balaban J connectivity index is 1.34. The van der Waals surface area contributed by atoms with Gasteiger partial charge in [0.15, 0.2) is 5.82 Å². The van der Waals surface area contributed by atoms with E-state index in [2.05, 4.69) is 55.0 Å². The zero-order chi connectivity index (χ0) is 17.9. The quantitative estimate of drug-likeness (QED) is 0.661. The SMILES string of the molecule is CC(C)c1noc(CN2CCC(c3nccn3Cc3cscn3)CC2)n1. The van der Waals surface area contributed by atoms with E-state index < -0.39 is 0 Å². The molecule has 0 radical (unpaired) electrons. The molecule has 0 saturated carbocycles. The van der Waals surface area contributed by atoms with Crippen LogP contribution in [0.25, 0.3) is 0 Å². The van der Waals surface area contributed by atoms with Crippen LogP contribution in [0.15, 0.2) is 27.8 Å². The number of thiazole rings is 1. The van der Waals surface area contributed by atoms with Crippen LogP contribution in [-0.4, -0.2) is 42.7 Å². The third kappa shape index (κ3) is 3.86. The standard InChI is InChI=1S/C18H24N6OS/c1-13(2)17-21-16(25-22-17)10-23-6-3-14(4-7-23)18-19-5-8-24(18)9-15-11-26-12-20-15/h5,8,11-14H,3-4,6-7,9-10H2,1-2H3. The second-order valence-corrected chi connectivity index (χ2v) is 7.86. The first-order valence-corrected chi connectivity index (χ1v) is 10.1. The van der Waals surface area contributed by atoms with Gasteiger partial charge in [-0.05, 0) is 25.9 Å². The molecule has 7 nitrogen and oxygen atoms in total. The lowest BCUT2D eigenvalue weighted by atomic mass is 9.96. The maximum absolute atomic E-state index is 5.38. The Morgan fingerprint density at radius 2 is 2.08 bits per heavy atom. The molecule has 0 bridgehead atoms. The Bertz CT molecular complexity index is 816. The molecular formula is C18H24N6OS. The molecule has 1 aliphatic rings. The number of rotatable bonds is 6. The van der Waals surface area contributed by atoms with Crippen LogP contribution >= 0.6 is 11.3 Å². The summed E-state index contributed by atoms with van der Waals surface area (Å²) >= 11 is 1.64. The molecule has 0 aromatic carbocycles. The molecule has 0 atom stereocenters. The summed E-state index contributed by atoms with van der Waals surface area (Å²) in [6.07, 6.45) is 6.16. The molecule has 0 amide bonds. The summed E-state index contributed by atoms with van der Waals surface area (Å²) in [5.74, 6) is 3.48. The predicted molar refractivity (Wildman–Crippen MR) is 99.1 cm³/mol. The average Bonchev–Trinajstić information content (AvgIpc) is 3.38. The predicted octanol–water partition coefficient (Wildman–Crippen LogP) is 3.27. The molecule has 0 aliphatic carbocycles. The Kier molecular flexibility index (Phi) is 5.12. The Labute approximate surface area is 157 Å². The van der Waals surface area contributed by atoms with Crippen molar-refractivity contribution in [3.8, 4) is 0 Å². The van der Waals surface area contributed by atoms with Gasteiger partial charge in [-0.15, -0.1) is 11.3 Å². The maximum atomic E-state index is 5.38. The van der Waals surface area contributed by atoms with E-state index in [0.717, 1.165) is 56.4 Å². The largest absolute Gasteiger partial charge is 0.338 e. The van der Waals surface area contributed by atoms with Crippen LogP contribution in [0.3, 0.4) is 0 Å². The number of nitrogens with zero attached hydrogens (tertiary/aromatic N) is 6. The number of hydrogen-bond donors (Lipinski definition) is 0. The van der Waals surface area contributed by atoms with Crippen LogP contribution in [0.5, 0.6) is 0 Å². The molecule has 4 heterocycles. The number of imidazole rings is 1. The number of piperidine rings is 1. The minimum atomic E-state index is 0.301. The van der Waals surface area contributed by atoms with Crippen LogP contribution < -0.4 is 0 Å². The molecule has 0 N–H and O–H groups in total. The second kappa shape index (κ2) is 7.67. The van der Waals surface area contributed by atoms with Crippen molar-refractivity contribution in [2.24, 2.45) is 0 Å². The molecular weight excluding hydrogens is 348 g/mol. The van der Waals surface area contributed by atoms with Gasteiger partial charge in [-0.25, -0.2) is 9.97 Å². The van der Waals surface area contributed by atoms with Crippen LogP contribution in [0, 0.1) is 0 Å². The van der Waals surface area contributed by atoms with E-state index in [9.17, 15) is 0 Å². The Morgan fingerprint density at radius 1 is 1.23 bits per heavy atom. The van der Waals surface area contributed by atoms with Crippen LogP contribution in [0.2, 0.25) is 0 Å². The molecule has 8 heteroatoms. The highest BCUT2D eigenvalue weighted by Crippen LogP contribution is 2.28. The van der Waals surface area contributed by atoms with Crippen molar-refractivity contribution in [1.29, 1.82) is 0 Å². The lowest BCUT2D eigenvalue weighted by molar-refractivity contribution is 0.177. The molecule has 0 spiro atoms. The van der Waals surface area contributed by atoms with Gasteiger partial charge in [-0.2, -0.15) is 4.98 Å². The van der Waals surface area contributed by atoms with E-state index in [1.54, 1.807) is 11.3 Å². The van der Waals surface area contributed by atoms with Gasteiger partial charge in [0.2, 0.25) is 5.89 Å². The summed E-state index contributed by atoms with van der Waals surface area (Å²) in [6.45, 7) is 7.74. The minimum absolute atomic E-state index is 0.301. The molecule has 0 unspecified atom stereocenters. The van der Waals surface area contributed by atoms with E-state index in [0.29, 0.717) is 11.8 Å². The highest BCUT2D eigenvalue weighted by molar-refractivity contribution is 7.07. The zero-order valence-electron chi connectivity index (χ0n) is 15.2. The molecule has 3 aromatic heterocycles. The van der Waals surface area contributed by atoms with E-state index >= 15 is 0 Å². The van der Waals surface area contributed by atoms with Gasteiger partial charge in [0, 0.05) is 29.6 Å². The average molecular weight is 372 g/mol. The molecule has 138 valence electrons. The van der Waals surface area contributed by atoms with Gasteiger partial charge in [0.05, 0.1) is 24.3 Å².